The molecule has 0 aromatic carbocycles. The summed E-state index contributed by atoms with van der Waals surface area (Å²) in [7, 11) is 1.62. The summed E-state index contributed by atoms with van der Waals surface area (Å²) in [5, 5.41) is 9.52. The number of carbonyl (C=O) groups excluding carboxylic acids is 1. The number of aromatic hydroxyl groups is 1. The van der Waals surface area contributed by atoms with Crippen LogP contribution in [0.2, 0.25) is 0 Å². The lowest BCUT2D eigenvalue weighted by atomic mass is 10.3. The minimum absolute atomic E-state index is 0.0431. The normalized spacial score (nSPS) is 10.2. The Balaban J connectivity index is 2.13. The number of aromatic nitrogens is 3. The monoisotopic (exact) mass is 232 g/mol. The maximum atomic E-state index is 12.0. The van der Waals surface area contributed by atoms with Gasteiger partial charge in [-0.2, -0.15) is 0 Å². The van der Waals surface area contributed by atoms with Gasteiger partial charge in [0.15, 0.2) is 5.69 Å². The van der Waals surface area contributed by atoms with E-state index >= 15 is 0 Å². The molecule has 0 atom stereocenters. The number of hydrogen-bond acceptors (Lipinski definition) is 4. The molecule has 88 valence electrons. The van der Waals surface area contributed by atoms with E-state index in [-0.39, 0.29) is 17.4 Å². The summed E-state index contributed by atoms with van der Waals surface area (Å²) < 4.78 is 0. The van der Waals surface area contributed by atoms with E-state index in [0.717, 1.165) is 0 Å². The second-order valence-electron chi connectivity index (χ2n) is 3.57. The predicted octanol–water partition coefficient (Wildman–Crippen LogP) is 0.782. The summed E-state index contributed by atoms with van der Waals surface area (Å²) in [4.78, 5) is 24.2. The minimum atomic E-state index is -0.348. The van der Waals surface area contributed by atoms with Crippen LogP contribution in [0.1, 0.15) is 16.3 Å². The number of nitrogens with zero attached hydrogens (tertiary/aromatic N) is 3. The van der Waals surface area contributed by atoms with Gasteiger partial charge < -0.3 is 15.0 Å². The van der Waals surface area contributed by atoms with Gasteiger partial charge in [0.05, 0.1) is 6.54 Å². The van der Waals surface area contributed by atoms with Gasteiger partial charge in [0.25, 0.3) is 5.91 Å². The minimum Gasteiger partial charge on any atom is -0.505 e. The number of nitrogens with one attached hydrogen (secondary N) is 1. The highest BCUT2D eigenvalue weighted by Crippen LogP contribution is 2.14. The molecular weight excluding hydrogens is 220 g/mol. The van der Waals surface area contributed by atoms with Crippen LogP contribution >= 0.6 is 0 Å². The zero-order valence-electron chi connectivity index (χ0n) is 9.29. The lowest BCUT2D eigenvalue weighted by molar-refractivity contribution is 0.0772. The molecule has 2 heterocycles. The Hall–Kier alpha value is -2.37. The van der Waals surface area contributed by atoms with Crippen molar-refractivity contribution < 1.29 is 9.90 Å². The third-order valence-electron chi connectivity index (χ3n) is 2.28. The molecule has 1 amide bonds. The Morgan fingerprint density at radius 3 is 2.94 bits per heavy atom. The largest absolute Gasteiger partial charge is 0.505 e. The van der Waals surface area contributed by atoms with Crippen molar-refractivity contribution in [3.05, 3.63) is 42.2 Å². The van der Waals surface area contributed by atoms with Crippen LogP contribution in [0.5, 0.6) is 5.75 Å². The predicted molar refractivity (Wildman–Crippen MR) is 60.3 cm³/mol. The summed E-state index contributed by atoms with van der Waals surface area (Å²) in [6, 6.07) is 3.00. The van der Waals surface area contributed by atoms with Gasteiger partial charge in [-0.3, -0.25) is 4.79 Å². The number of aromatic amines is 1. The Labute approximate surface area is 97.9 Å². The first-order valence-corrected chi connectivity index (χ1v) is 5.06. The second kappa shape index (κ2) is 4.65. The summed E-state index contributed by atoms with van der Waals surface area (Å²) in [6.45, 7) is 0.335. The SMILES string of the molecule is CN(Cc1ncc[nH]1)C(=O)c1ncccc1O. The van der Waals surface area contributed by atoms with Crippen LogP contribution in [0.3, 0.4) is 0 Å². The molecule has 2 N–H and O–H groups in total. The molecule has 6 nitrogen and oxygen atoms in total. The van der Waals surface area contributed by atoms with Crippen molar-refractivity contribution in [2.75, 3.05) is 7.05 Å². The third-order valence-corrected chi connectivity index (χ3v) is 2.28. The van der Waals surface area contributed by atoms with E-state index in [4.69, 9.17) is 0 Å². The van der Waals surface area contributed by atoms with Gasteiger partial charge in [-0.1, -0.05) is 0 Å². The van der Waals surface area contributed by atoms with E-state index in [2.05, 4.69) is 15.0 Å². The van der Waals surface area contributed by atoms with Gasteiger partial charge in [0.1, 0.15) is 11.6 Å². The lowest BCUT2D eigenvalue weighted by Crippen LogP contribution is -2.27. The number of hydrogen-bond donors (Lipinski definition) is 2. The molecule has 2 aromatic heterocycles. The maximum Gasteiger partial charge on any atom is 0.276 e. The van der Waals surface area contributed by atoms with Gasteiger partial charge in [-0.15, -0.1) is 0 Å². The highest BCUT2D eigenvalue weighted by molar-refractivity contribution is 5.94. The highest BCUT2D eigenvalue weighted by atomic mass is 16.3. The maximum absolute atomic E-state index is 12.0. The van der Waals surface area contributed by atoms with E-state index in [1.54, 1.807) is 25.5 Å². The van der Waals surface area contributed by atoms with Crippen LogP contribution in [-0.4, -0.2) is 37.9 Å². The van der Waals surface area contributed by atoms with Crippen molar-refractivity contribution >= 4 is 5.91 Å². The average Bonchev–Trinajstić information content (AvgIpc) is 2.81. The van der Waals surface area contributed by atoms with Crippen molar-refractivity contribution in [3.63, 3.8) is 0 Å². The molecule has 0 spiro atoms. The van der Waals surface area contributed by atoms with Crippen molar-refractivity contribution in [2.24, 2.45) is 0 Å². The smallest absolute Gasteiger partial charge is 0.276 e. The molecule has 2 aromatic rings. The summed E-state index contributed by atoms with van der Waals surface area (Å²) in [6.07, 6.45) is 4.77. The summed E-state index contributed by atoms with van der Waals surface area (Å²) >= 11 is 0. The average molecular weight is 232 g/mol. The number of pyridine rings is 1. The Morgan fingerprint density at radius 1 is 1.47 bits per heavy atom. The number of amides is 1. The highest BCUT2D eigenvalue weighted by Gasteiger charge is 2.17. The van der Waals surface area contributed by atoms with Crippen molar-refractivity contribution in [1.82, 2.24) is 19.9 Å². The third kappa shape index (κ3) is 2.41. The fraction of sp³-hybridized carbons (Fsp3) is 0.182. The Kier molecular flexibility index (Phi) is 3.04. The summed E-state index contributed by atoms with van der Waals surface area (Å²) in [5.74, 6) is 0.208. The molecule has 0 unspecified atom stereocenters. The lowest BCUT2D eigenvalue weighted by Gasteiger charge is -2.15. The first kappa shape index (κ1) is 11.1. The molecule has 0 saturated carbocycles. The molecule has 0 saturated heterocycles. The number of H-pyrrole nitrogens is 1. The number of carbonyl (C=O) groups is 1. The molecule has 2 rings (SSSR count). The molecule has 0 aliphatic heterocycles. The van der Waals surface area contributed by atoms with Crippen LogP contribution in [0.25, 0.3) is 0 Å². The standard InChI is InChI=1S/C11H12N4O2/c1-15(7-9-12-5-6-13-9)11(17)10-8(16)3-2-4-14-10/h2-6,16H,7H2,1H3,(H,12,13). The molecule has 0 fully saturated rings. The van der Waals surface area contributed by atoms with Crippen LogP contribution in [0.4, 0.5) is 0 Å². The van der Waals surface area contributed by atoms with Gasteiger partial charge >= 0.3 is 0 Å². The number of rotatable bonds is 3. The van der Waals surface area contributed by atoms with E-state index in [1.165, 1.54) is 17.2 Å². The van der Waals surface area contributed by atoms with E-state index in [9.17, 15) is 9.90 Å². The number of imidazole rings is 1. The van der Waals surface area contributed by atoms with E-state index in [0.29, 0.717) is 12.4 Å². The molecular formula is C11H12N4O2. The molecule has 17 heavy (non-hydrogen) atoms. The summed E-state index contributed by atoms with van der Waals surface area (Å²) in [5.41, 5.74) is 0.0431. The van der Waals surface area contributed by atoms with Crippen LogP contribution < -0.4 is 0 Å². The van der Waals surface area contributed by atoms with E-state index < -0.39 is 0 Å². The molecule has 6 heteroatoms. The van der Waals surface area contributed by atoms with Crippen molar-refractivity contribution in [2.45, 2.75) is 6.54 Å². The van der Waals surface area contributed by atoms with Crippen molar-refractivity contribution in [1.29, 1.82) is 0 Å². The van der Waals surface area contributed by atoms with Crippen molar-refractivity contribution in [3.8, 4) is 5.75 Å². The van der Waals surface area contributed by atoms with E-state index in [1.807, 2.05) is 0 Å². The van der Waals surface area contributed by atoms with Crippen LogP contribution in [0.15, 0.2) is 30.7 Å². The fourth-order valence-corrected chi connectivity index (χ4v) is 1.42. The van der Waals surface area contributed by atoms with Gasteiger partial charge in [0, 0.05) is 25.6 Å². The quantitative estimate of drug-likeness (QED) is 0.819. The first-order valence-electron chi connectivity index (χ1n) is 5.06. The van der Waals surface area contributed by atoms with Gasteiger partial charge in [-0.25, -0.2) is 9.97 Å². The van der Waals surface area contributed by atoms with Crippen LogP contribution in [-0.2, 0) is 6.54 Å². The van der Waals surface area contributed by atoms with Gasteiger partial charge in [-0.05, 0) is 12.1 Å². The topological polar surface area (TPSA) is 82.1 Å². The first-order chi connectivity index (χ1) is 8.18. The molecule has 0 radical (unpaired) electrons. The Morgan fingerprint density at radius 2 is 2.29 bits per heavy atom. The zero-order valence-corrected chi connectivity index (χ0v) is 9.29. The van der Waals surface area contributed by atoms with Crippen LogP contribution in [0, 0.1) is 0 Å². The Bertz CT molecular complexity index is 510. The molecule has 0 aliphatic carbocycles. The molecule has 0 aliphatic rings. The molecule has 0 bridgehead atoms. The second-order valence-corrected chi connectivity index (χ2v) is 3.57. The fourth-order valence-electron chi connectivity index (χ4n) is 1.42. The van der Waals surface area contributed by atoms with Gasteiger partial charge in [0.2, 0.25) is 0 Å². The zero-order chi connectivity index (χ0) is 12.3.